The number of hydrogen-bond acceptors (Lipinski definition) is 6. The van der Waals surface area contributed by atoms with Gasteiger partial charge in [0.1, 0.15) is 5.00 Å². The molecule has 0 spiro atoms. The third kappa shape index (κ3) is 3.21. The number of nitrogens with zero attached hydrogens (tertiary/aromatic N) is 3. The van der Waals surface area contributed by atoms with Crippen LogP contribution in [0, 0.1) is 6.92 Å². The molecule has 0 aliphatic carbocycles. The number of hydrogen-bond donors (Lipinski definition) is 2. The van der Waals surface area contributed by atoms with Crippen molar-refractivity contribution in [1.29, 1.82) is 0 Å². The zero-order valence-electron chi connectivity index (χ0n) is 9.30. The maximum Gasteiger partial charge on any atom is 0.320 e. The summed E-state index contributed by atoms with van der Waals surface area (Å²) in [6.45, 7) is 3.82. The van der Waals surface area contributed by atoms with Crippen LogP contribution in [0.15, 0.2) is 11.6 Å². The van der Waals surface area contributed by atoms with Crippen molar-refractivity contribution in [2.75, 3.05) is 5.32 Å². The number of thiazole rings is 1. The van der Waals surface area contributed by atoms with Crippen molar-refractivity contribution < 1.29 is 4.79 Å². The molecule has 6 nitrogen and oxygen atoms in total. The van der Waals surface area contributed by atoms with E-state index in [-0.39, 0.29) is 12.1 Å². The smallest absolute Gasteiger partial charge is 0.320 e. The highest BCUT2D eigenvalue weighted by Gasteiger charge is 2.12. The van der Waals surface area contributed by atoms with Crippen molar-refractivity contribution in [1.82, 2.24) is 19.9 Å². The van der Waals surface area contributed by atoms with Gasteiger partial charge in [0.15, 0.2) is 0 Å². The van der Waals surface area contributed by atoms with E-state index in [0.29, 0.717) is 5.00 Å². The maximum absolute atomic E-state index is 11.6. The Morgan fingerprint density at radius 3 is 2.94 bits per heavy atom. The third-order valence-electron chi connectivity index (χ3n) is 2.03. The van der Waals surface area contributed by atoms with Crippen LogP contribution in [-0.4, -0.2) is 20.6 Å². The van der Waals surface area contributed by atoms with E-state index in [1.165, 1.54) is 6.20 Å². The summed E-state index contributed by atoms with van der Waals surface area (Å²) in [6, 6.07) is -0.407. The first-order valence-electron chi connectivity index (χ1n) is 4.92. The van der Waals surface area contributed by atoms with Gasteiger partial charge in [-0.1, -0.05) is 4.49 Å². The number of carbonyl (C=O) groups excluding carboxylic acids is 1. The summed E-state index contributed by atoms with van der Waals surface area (Å²) in [5, 5.41) is 12.6. The SMILES string of the molecule is Cc1nc(C(C)NC(=O)Nc2cnns2)cs1. The van der Waals surface area contributed by atoms with Gasteiger partial charge in [0.05, 0.1) is 22.9 Å². The molecule has 0 aliphatic rings. The number of urea groups is 1. The van der Waals surface area contributed by atoms with E-state index in [2.05, 4.69) is 25.2 Å². The highest BCUT2D eigenvalue weighted by Crippen LogP contribution is 2.16. The number of aromatic nitrogens is 3. The Balaban J connectivity index is 1.90. The summed E-state index contributed by atoms with van der Waals surface area (Å²) < 4.78 is 3.65. The minimum atomic E-state index is -0.283. The van der Waals surface area contributed by atoms with Crippen LogP contribution >= 0.6 is 22.9 Å². The van der Waals surface area contributed by atoms with Crippen LogP contribution < -0.4 is 10.6 Å². The van der Waals surface area contributed by atoms with Crippen molar-refractivity contribution in [3.05, 3.63) is 22.3 Å². The van der Waals surface area contributed by atoms with Crippen LogP contribution in [0.2, 0.25) is 0 Å². The standard InChI is InChI=1S/C9H11N5OS2/c1-5(7-4-16-6(2)12-7)11-9(15)13-8-3-10-14-17-8/h3-5H,1-2H3,(H2,11,13,15). The fraction of sp³-hybridized carbons (Fsp3) is 0.333. The van der Waals surface area contributed by atoms with Crippen LogP contribution in [0.3, 0.4) is 0 Å². The van der Waals surface area contributed by atoms with Gasteiger partial charge in [0, 0.05) is 16.9 Å². The summed E-state index contributed by atoms with van der Waals surface area (Å²) in [4.78, 5) is 15.9. The second-order valence-corrected chi connectivity index (χ2v) is 5.24. The second-order valence-electron chi connectivity index (χ2n) is 3.39. The molecule has 0 radical (unpaired) electrons. The topological polar surface area (TPSA) is 79.8 Å². The molecule has 1 atom stereocenters. The number of amides is 2. The molecule has 2 N–H and O–H groups in total. The van der Waals surface area contributed by atoms with E-state index in [0.717, 1.165) is 22.2 Å². The Hall–Kier alpha value is -1.54. The fourth-order valence-corrected chi connectivity index (χ4v) is 2.34. The highest BCUT2D eigenvalue weighted by atomic mass is 32.1. The molecule has 2 aromatic rings. The lowest BCUT2D eigenvalue weighted by Crippen LogP contribution is -2.31. The summed E-state index contributed by atoms with van der Waals surface area (Å²) in [7, 11) is 0. The molecule has 0 saturated carbocycles. The molecule has 1 unspecified atom stereocenters. The molecule has 0 bridgehead atoms. The van der Waals surface area contributed by atoms with Crippen LogP contribution in [-0.2, 0) is 0 Å². The lowest BCUT2D eigenvalue weighted by atomic mass is 10.3. The summed E-state index contributed by atoms with van der Waals surface area (Å²) in [5.74, 6) is 0. The Kier molecular flexibility index (Phi) is 3.64. The molecule has 2 rings (SSSR count). The van der Waals surface area contributed by atoms with Gasteiger partial charge in [-0.15, -0.1) is 16.4 Å². The van der Waals surface area contributed by atoms with Gasteiger partial charge in [-0.25, -0.2) is 9.78 Å². The molecular weight excluding hydrogens is 258 g/mol. The van der Waals surface area contributed by atoms with E-state index in [1.54, 1.807) is 11.3 Å². The van der Waals surface area contributed by atoms with Gasteiger partial charge in [0.2, 0.25) is 0 Å². The summed E-state index contributed by atoms with van der Waals surface area (Å²) in [6.07, 6.45) is 1.50. The number of carbonyl (C=O) groups is 1. The van der Waals surface area contributed by atoms with E-state index in [1.807, 2.05) is 19.2 Å². The average Bonchev–Trinajstić information content (AvgIpc) is 2.89. The Morgan fingerprint density at radius 2 is 2.35 bits per heavy atom. The fourth-order valence-electron chi connectivity index (χ4n) is 1.22. The highest BCUT2D eigenvalue weighted by molar-refractivity contribution is 7.10. The van der Waals surface area contributed by atoms with Crippen LogP contribution in [0.4, 0.5) is 9.80 Å². The quantitative estimate of drug-likeness (QED) is 0.895. The molecule has 0 fully saturated rings. The minimum absolute atomic E-state index is 0.124. The summed E-state index contributed by atoms with van der Waals surface area (Å²) in [5.41, 5.74) is 0.866. The number of anilines is 1. The molecule has 0 saturated heterocycles. The van der Waals surface area contributed by atoms with E-state index in [9.17, 15) is 4.79 Å². The number of nitrogens with one attached hydrogen (secondary N) is 2. The molecule has 2 heterocycles. The number of rotatable bonds is 3. The third-order valence-corrected chi connectivity index (χ3v) is 3.40. The first kappa shape index (κ1) is 11.9. The van der Waals surface area contributed by atoms with Crippen LogP contribution in [0.25, 0.3) is 0 Å². The molecule has 0 aromatic carbocycles. The van der Waals surface area contributed by atoms with Crippen molar-refractivity contribution in [3.8, 4) is 0 Å². The monoisotopic (exact) mass is 269 g/mol. The minimum Gasteiger partial charge on any atom is -0.330 e. The van der Waals surface area contributed by atoms with E-state index in [4.69, 9.17) is 0 Å². The van der Waals surface area contributed by atoms with Crippen LogP contribution in [0.5, 0.6) is 0 Å². The molecular formula is C9H11N5OS2. The molecule has 2 aromatic heterocycles. The lowest BCUT2D eigenvalue weighted by Gasteiger charge is -2.11. The normalized spacial score (nSPS) is 12.1. The summed E-state index contributed by atoms with van der Waals surface area (Å²) >= 11 is 2.70. The largest absolute Gasteiger partial charge is 0.330 e. The second kappa shape index (κ2) is 5.19. The van der Waals surface area contributed by atoms with Gasteiger partial charge in [-0.3, -0.25) is 5.32 Å². The average molecular weight is 269 g/mol. The maximum atomic E-state index is 11.6. The predicted molar refractivity (Wildman–Crippen MR) is 67.3 cm³/mol. The Bertz CT molecular complexity index is 495. The molecule has 0 aliphatic heterocycles. The predicted octanol–water partition coefficient (Wildman–Crippen LogP) is 2.19. The van der Waals surface area contributed by atoms with E-state index < -0.39 is 0 Å². The molecule has 8 heteroatoms. The van der Waals surface area contributed by atoms with Crippen molar-refractivity contribution in [2.24, 2.45) is 0 Å². The van der Waals surface area contributed by atoms with Crippen molar-refractivity contribution in [2.45, 2.75) is 19.9 Å². The van der Waals surface area contributed by atoms with Crippen molar-refractivity contribution >= 4 is 33.9 Å². The Labute approximate surface area is 106 Å². The van der Waals surface area contributed by atoms with E-state index >= 15 is 0 Å². The van der Waals surface area contributed by atoms with Gasteiger partial charge < -0.3 is 5.32 Å². The van der Waals surface area contributed by atoms with Gasteiger partial charge >= 0.3 is 6.03 Å². The molecule has 90 valence electrons. The first-order chi connectivity index (χ1) is 8.15. The van der Waals surface area contributed by atoms with Crippen LogP contribution in [0.1, 0.15) is 23.7 Å². The van der Waals surface area contributed by atoms with Crippen molar-refractivity contribution in [3.63, 3.8) is 0 Å². The number of aryl methyl sites for hydroxylation is 1. The van der Waals surface area contributed by atoms with Gasteiger partial charge in [0.25, 0.3) is 0 Å². The van der Waals surface area contributed by atoms with Gasteiger partial charge in [-0.2, -0.15) is 0 Å². The van der Waals surface area contributed by atoms with Gasteiger partial charge in [-0.05, 0) is 13.8 Å². The zero-order chi connectivity index (χ0) is 12.3. The molecule has 17 heavy (non-hydrogen) atoms. The Morgan fingerprint density at radius 1 is 1.53 bits per heavy atom. The lowest BCUT2D eigenvalue weighted by molar-refractivity contribution is 0.249. The molecule has 2 amide bonds. The first-order valence-corrected chi connectivity index (χ1v) is 6.57. The zero-order valence-corrected chi connectivity index (χ0v) is 10.9.